The highest BCUT2D eigenvalue weighted by Gasteiger charge is 2.09. The van der Waals surface area contributed by atoms with Crippen molar-refractivity contribution in [1.29, 1.82) is 0 Å². The highest BCUT2D eigenvalue weighted by Crippen LogP contribution is 2.17. The molecule has 0 saturated heterocycles. The Hall–Kier alpha value is -2.43. The second-order valence-corrected chi connectivity index (χ2v) is 3.17. The number of aromatic carboxylic acids is 1. The molecule has 0 radical (unpaired) electrons. The third-order valence-corrected chi connectivity index (χ3v) is 2.03. The average Bonchev–Trinajstić information content (AvgIpc) is 2.29. The molecule has 0 atom stereocenters. The van der Waals surface area contributed by atoms with E-state index in [1.807, 2.05) is 30.3 Å². The van der Waals surface area contributed by atoms with Gasteiger partial charge in [0.15, 0.2) is 5.69 Å². The zero-order chi connectivity index (χ0) is 11.5. The van der Waals surface area contributed by atoms with E-state index in [9.17, 15) is 4.79 Å². The van der Waals surface area contributed by atoms with Crippen LogP contribution >= 0.6 is 0 Å². The first-order valence-corrected chi connectivity index (χ1v) is 4.60. The van der Waals surface area contributed by atoms with E-state index in [4.69, 9.17) is 10.8 Å². The summed E-state index contributed by atoms with van der Waals surface area (Å²) in [6.07, 6.45) is 0. The van der Waals surface area contributed by atoms with E-state index in [0.29, 0.717) is 5.69 Å². The number of carboxylic acid groups (broad SMARTS) is 1. The van der Waals surface area contributed by atoms with Gasteiger partial charge < -0.3 is 10.8 Å². The van der Waals surface area contributed by atoms with E-state index < -0.39 is 5.97 Å². The molecule has 0 fully saturated rings. The lowest BCUT2D eigenvalue weighted by Crippen LogP contribution is -2.05. The third-order valence-electron chi connectivity index (χ3n) is 2.03. The third kappa shape index (κ3) is 1.98. The smallest absolute Gasteiger partial charge is 0.354 e. The molecule has 5 nitrogen and oxygen atoms in total. The number of rotatable bonds is 2. The highest BCUT2D eigenvalue weighted by atomic mass is 16.4. The molecule has 0 unspecified atom stereocenters. The summed E-state index contributed by atoms with van der Waals surface area (Å²) in [4.78, 5) is 18.4. The fraction of sp³-hybridized carbons (Fsp3) is 0. The van der Waals surface area contributed by atoms with Gasteiger partial charge in [0.25, 0.3) is 0 Å². The van der Waals surface area contributed by atoms with Crippen molar-refractivity contribution >= 4 is 11.9 Å². The minimum Gasteiger partial charge on any atom is -0.477 e. The molecule has 1 heterocycles. The van der Waals surface area contributed by atoms with Gasteiger partial charge in [0.05, 0.1) is 5.69 Å². The molecule has 0 spiro atoms. The molecule has 16 heavy (non-hydrogen) atoms. The Morgan fingerprint density at radius 3 is 2.50 bits per heavy atom. The van der Waals surface area contributed by atoms with Gasteiger partial charge in [-0.3, -0.25) is 0 Å². The molecule has 0 amide bonds. The molecule has 80 valence electrons. The largest absolute Gasteiger partial charge is 0.477 e. The molecule has 1 aromatic heterocycles. The lowest BCUT2D eigenvalue weighted by Gasteiger charge is -2.02. The first kappa shape index (κ1) is 10.1. The van der Waals surface area contributed by atoms with Crippen LogP contribution in [0.1, 0.15) is 10.5 Å². The lowest BCUT2D eigenvalue weighted by molar-refractivity contribution is 0.0690. The fourth-order valence-electron chi connectivity index (χ4n) is 1.33. The van der Waals surface area contributed by atoms with Gasteiger partial charge in [0, 0.05) is 5.56 Å². The first-order chi connectivity index (χ1) is 7.66. The molecule has 2 aromatic rings. The maximum atomic E-state index is 10.8. The number of hydrogen-bond donors (Lipinski definition) is 2. The Bertz CT molecular complexity index is 526. The maximum absolute atomic E-state index is 10.8. The lowest BCUT2D eigenvalue weighted by atomic mass is 10.1. The van der Waals surface area contributed by atoms with Crippen LogP contribution in [0.2, 0.25) is 0 Å². The van der Waals surface area contributed by atoms with Crippen molar-refractivity contribution < 1.29 is 9.90 Å². The summed E-state index contributed by atoms with van der Waals surface area (Å²) in [5.74, 6) is -1.16. The van der Waals surface area contributed by atoms with Crippen LogP contribution in [0.3, 0.4) is 0 Å². The molecule has 0 aliphatic carbocycles. The Kier molecular flexibility index (Phi) is 2.51. The second kappa shape index (κ2) is 3.98. The van der Waals surface area contributed by atoms with Gasteiger partial charge in [-0.2, -0.15) is 0 Å². The van der Waals surface area contributed by atoms with Crippen molar-refractivity contribution in [2.75, 3.05) is 5.73 Å². The summed E-state index contributed by atoms with van der Waals surface area (Å²) in [6, 6.07) is 10.6. The Labute approximate surface area is 91.6 Å². The van der Waals surface area contributed by atoms with Crippen molar-refractivity contribution in [2.24, 2.45) is 0 Å². The van der Waals surface area contributed by atoms with Crippen LogP contribution in [-0.2, 0) is 0 Å². The van der Waals surface area contributed by atoms with Gasteiger partial charge in [-0.1, -0.05) is 30.3 Å². The zero-order valence-corrected chi connectivity index (χ0v) is 8.29. The minimum atomic E-state index is -1.12. The molecule has 3 N–H and O–H groups in total. The van der Waals surface area contributed by atoms with E-state index in [2.05, 4.69) is 9.97 Å². The molecule has 0 aliphatic heterocycles. The first-order valence-electron chi connectivity index (χ1n) is 4.60. The van der Waals surface area contributed by atoms with Crippen molar-refractivity contribution in [3.63, 3.8) is 0 Å². The summed E-state index contributed by atoms with van der Waals surface area (Å²) < 4.78 is 0. The number of anilines is 1. The monoisotopic (exact) mass is 215 g/mol. The fourth-order valence-corrected chi connectivity index (χ4v) is 1.33. The number of aromatic nitrogens is 2. The normalized spacial score (nSPS) is 10.0. The molecular formula is C11H9N3O2. The average molecular weight is 215 g/mol. The molecule has 5 heteroatoms. The topological polar surface area (TPSA) is 89.1 Å². The van der Waals surface area contributed by atoms with Gasteiger partial charge in [-0.25, -0.2) is 14.8 Å². The van der Waals surface area contributed by atoms with Crippen LogP contribution < -0.4 is 5.73 Å². The summed E-state index contributed by atoms with van der Waals surface area (Å²) in [6.45, 7) is 0. The van der Waals surface area contributed by atoms with Crippen LogP contribution in [0.15, 0.2) is 36.4 Å². The molecular weight excluding hydrogens is 206 g/mol. The van der Waals surface area contributed by atoms with Crippen molar-refractivity contribution in [3.8, 4) is 11.3 Å². The molecule has 0 saturated carbocycles. The van der Waals surface area contributed by atoms with E-state index in [-0.39, 0.29) is 11.6 Å². The number of hydrogen-bond acceptors (Lipinski definition) is 4. The number of nitrogens with two attached hydrogens (primary N) is 1. The Morgan fingerprint density at radius 2 is 1.88 bits per heavy atom. The highest BCUT2D eigenvalue weighted by molar-refractivity contribution is 5.87. The van der Waals surface area contributed by atoms with Crippen LogP contribution in [0, 0.1) is 0 Å². The molecule has 2 rings (SSSR count). The number of nitrogen functional groups attached to an aromatic ring is 1. The SMILES string of the molecule is Nc1nc(C(=O)O)cc(-c2ccccc2)n1. The standard InChI is InChI=1S/C11H9N3O2/c12-11-13-8(6-9(14-11)10(15)16)7-4-2-1-3-5-7/h1-6H,(H,15,16)(H2,12,13,14). The quantitative estimate of drug-likeness (QED) is 0.790. The minimum absolute atomic E-state index is 0.0428. The van der Waals surface area contributed by atoms with Gasteiger partial charge in [-0.15, -0.1) is 0 Å². The van der Waals surface area contributed by atoms with Gasteiger partial charge >= 0.3 is 5.97 Å². The van der Waals surface area contributed by atoms with Crippen molar-refractivity contribution in [1.82, 2.24) is 9.97 Å². The van der Waals surface area contributed by atoms with E-state index in [1.54, 1.807) is 0 Å². The van der Waals surface area contributed by atoms with Crippen LogP contribution in [0.25, 0.3) is 11.3 Å². The summed E-state index contributed by atoms with van der Waals surface area (Å²) >= 11 is 0. The van der Waals surface area contributed by atoms with Gasteiger partial charge in [0.2, 0.25) is 5.95 Å². The number of nitrogens with zero attached hydrogens (tertiary/aromatic N) is 2. The van der Waals surface area contributed by atoms with E-state index >= 15 is 0 Å². The zero-order valence-electron chi connectivity index (χ0n) is 8.29. The summed E-state index contributed by atoms with van der Waals surface area (Å²) in [7, 11) is 0. The van der Waals surface area contributed by atoms with E-state index in [0.717, 1.165) is 5.56 Å². The predicted octanol–water partition coefficient (Wildman–Crippen LogP) is 1.42. The van der Waals surface area contributed by atoms with Crippen LogP contribution in [0.5, 0.6) is 0 Å². The number of carboxylic acids is 1. The summed E-state index contributed by atoms with van der Waals surface area (Å²) in [5.41, 5.74) is 6.65. The Morgan fingerprint density at radius 1 is 1.19 bits per heavy atom. The maximum Gasteiger partial charge on any atom is 0.354 e. The number of carbonyl (C=O) groups is 1. The predicted molar refractivity (Wildman–Crippen MR) is 58.8 cm³/mol. The van der Waals surface area contributed by atoms with Crippen molar-refractivity contribution in [2.45, 2.75) is 0 Å². The Balaban J connectivity index is 2.54. The van der Waals surface area contributed by atoms with Gasteiger partial charge in [0.1, 0.15) is 0 Å². The van der Waals surface area contributed by atoms with Crippen LogP contribution in [0.4, 0.5) is 5.95 Å². The molecule has 1 aromatic carbocycles. The second-order valence-electron chi connectivity index (χ2n) is 3.17. The molecule has 0 bridgehead atoms. The molecule has 0 aliphatic rings. The number of benzene rings is 1. The van der Waals surface area contributed by atoms with Crippen LogP contribution in [-0.4, -0.2) is 21.0 Å². The summed E-state index contributed by atoms with van der Waals surface area (Å²) in [5, 5.41) is 8.83. The van der Waals surface area contributed by atoms with E-state index in [1.165, 1.54) is 6.07 Å². The van der Waals surface area contributed by atoms with Crippen molar-refractivity contribution in [3.05, 3.63) is 42.1 Å². The van der Waals surface area contributed by atoms with Gasteiger partial charge in [-0.05, 0) is 6.07 Å².